The highest BCUT2D eigenvalue weighted by Gasteiger charge is 2.38. The van der Waals surface area contributed by atoms with Crippen LogP contribution in [0.2, 0.25) is 0 Å². The fourth-order valence-electron chi connectivity index (χ4n) is 3.44. The van der Waals surface area contributed by atoms with Gasteiger partial charge in [-0.2, -0.15) is 0 Å². The number of aliphatic carboxylic acids is 2. The van der Waals surface area contributed by atoms with Crippen molar-refractivity contribution < 1.29 is 24.6 Å². The minimum absolute atomic E-state index is 0.0564. The van der Waals surface area contributed by atoms with Crippen LogP contribution in [0, 0.1) is 5.92 Å². The number of thiophene rings is 1. The van der Waals surface area contributed by atoms with E-state index in [1.54, 1.807) is 6.20 Å². The molecule has 3 atom stereocenters. The first kappa shape index (κ1) is 20.7. The molecule has 2 aliphatic heterocycles. The molecule has 2 bridgehead atoms. The minimum Gasteiger partial charge on any atom is -0.478 e. The van der Waals surface area contributed by atoms with Crippen molar-refractivity contribution in [2.75, 3.05) is 19.6 Å². The average molecular weight is 415 g/mol. The largest absolute Gasteiger partial charge is 0.478 e. The predicted molar refractivity (Wildman–Crippen MR) is 108 cm³/mol. The molecule has 0 saturated carbocycles. The Morgan fingerprint density at radius 1 is 1.10 bits per heavy atom. The van der Waals surface area contributed by atoms with E-state index in [1.165, 1.54) is 24.3 Å². The van der Waals surface area contributed by atoms with Crippen molar-refractivity contribution in [3.63, 3.8) is 0 Å². The molecule has 1 amide bonds. The average Bonchev–Trinajstić information content (AvgIpc) is 3.44. The first-order valence-corrected chi connectivity index (χ1v) is 9.92. The molecule has 0 aliphatic carbocycles. The van der Waals surface area contributed by atoms with Crippen LogP contribution in [0.25, 0.3) is 10.6 Å². The molecule has 2 saturated heterocycles. The van der Waals surface area contributed by atoms with E-state index < -0.39 is 11.9 Å². The zero-order valence-corrected chi connectivity index (χ0v) is 16.3. The van der Waals surface area contributed by atoms with Crippen LogP contribution in [0.1, 0.15) is 16.1 Å². The molecule has 0 aromatic carbocycles. The van der Waals surface area contributed by atoms with Crippen LogP contribution in [-0.4, -0.2) is 63.6 Å². The predicted octanol–water partition coefficient (Wildman–Crippen LogP) is 1.96. The highest BCUT2D eigenvalue weighted by atomic mass is 32.1. The van der Waals surface area contributed by atoms with Gasteiger partial charge in [0.15, 0.2) is 0 Å². The molecule has 9 heteroatoms. The molecular weight excluding hydrogens is 394 g/mol. The summed E-state index contributed by atoms with van der Waals surface area (Å²) in [6, 6.07) is 10.0. The lowest BCUT2D eigenvalue weighted by Gasteiger charge is -2.22. The van der Waals surface area contributed by atoms with Crippen molar-refractivity contribution in [1.82, 2.24) is 15.2 Å². The van der Waals surface area contributed by atoms with Gasteiger partial charge in [0, 0.05) is 37.5 Å². The molecule has 1 unspecified atom stereocenters. The Morgan fingerprint density at radius 2 is 1.86 bits per heavy atom. The number of carbonyl (C=O) groups excluding carboxylic acids is 1. The molecular formula is C20H21N3O5S. The van der Waals surface area contributed by atoms with Crippen LogP contribution in [0.15, 0.2) is 48.7 Å². The normalized spacial score (nSPS) is 22.1. The van der Waals surface area contributed by atoms with Crippen molar-refractivity contribution in [2.24, 2.45) is 5.92 Å². The van der Waals surface area contributed by atoms with Gasteiger partial charge in [0.1, 0.15) is 0 Å². The number of carbonyl (C=O) groups is 3. The van der Waals surface area contributed by atoms with Crippen molar-refractivity contribution in [2.45, 2.75) is 12.5 Å². The van der Waals surface area contributed by atoms with Crippen molar-refractivity contribution in [3.8, 4) is 10.6 Å². The van der Waals surface area contributed by atoms with E-state index in [1.807, 2.05) is 30.3 Å². The summed E-state index contributed by atoms with van der Waals surface area (Å²) in [7, 11) is 0. The maximum atomic E-state index is 12.4. The molecule has 2 aliphatic rings. The Balaban J connectivity index is 0.000000258. The van der Waals surface area contributed by atoms with Crippen LogP contribution >= 0.6 is 11.3 Å². The van der Waals surface area contributed by atoms with Crippen molar-refractivity contribution in [1.29, 1.82) is 0 Å². The van der Waals surface area contributed by atoms with Gasteiger partial charge in [0.05, 0.1) is 15.4 Å². The first-order chi connectivity index (χ1) is 13.9. The van der Waals surface area contributed by atoms with Crippen LogP contribution in [0.3, 0.4) is 0 Å². The molecule has 3 N–H and O–H groups in total. The second-order valence-corrected chi connectivity index (χ2v) is 7.86. The zero-order chi connectivity index (χ0) is 20.8. The van der Waals surface area contributed by atoms with Gasteiger partial charge in [-0.05, 0) is 43.1 Å². The van der Waals surface area contributed by atoms with Crippen molar-refractivity contribution in [3.05, 3.63) is 53.6 Å². The Bertz CT molecular complexity index is 896. The summed E-state index contributed by atoms with van der Waals surface area (Å²) in [5, 5.41) is 18.8. The summed E-state index contributed by atoms with van der Waals surface area (Å²) in [6.07, 6.45) is 4.11. The molecule has 0 radical (unpaired) electrons. The Kier molecular flexibility index (Phi) is 6.73. The van der Waals surface area contributed by atoms with E-state index >= 15 is 0 Å². The number of hydrogen-bond donors (Lipinski definition) is 3. The zero-order valence-electron chi connectivity index (χ0n) is 15.5. The van der Waals surface area contributed by atoms with E-state index in [0.717, 1.165) is 28.5 Å². The number of fused-ring (bicyclic) bond motifs is 2. The maximum absolute atomic E-state index is 12.4. The van der Waals surface area contributed by atoms with Gasteiger partial charge in [-0.25, -0.2) is 9.59 Å². The number of carboxylic acids is 2. The number of carboxylic acid groups (broad SMARTS) is 2. The van der Waals surface area contributed by atoms with Crippen LogP contribution < -0.4 is 5.32 Å². The van der Waals surface area contributed by atoms with Crippen molar-refractivity contribution >= 4 is 29.2 Å². The van der Waals surface area contributed by atoms with Gasteiger partial charge in [0.2, 0.25) is 0 Å². The van der Waals surface area contributed by atoms with Crippen LogP contribution in [0.4, 0.5) is 0 Å². The summed E-state index contributed by atoms with van der Waals surface area (Å²) >= 11 is 1.51. The van der Waals surface area contributed by atoms with Gasteiger partial charge in [-0.3, -0.25) is 9.78 Å². The number of piperidine rings is 1. The maximum Gasteiger partial charge on any atom is 0.328 e. The lowest BCUT2D eigenvalue weighted by Crippen LogP contribution is -2.42. The molecule has 2 fully saturated rings. The summed E-state index contributed by atoms with van der Waals surface area (Å²) < 4.78 is 0. The van der Waals surface area contributed by atoms with E-state index in [2.05, 4.69) is 15.2 Å². The summed E-state index contributed by atoms with van der Waals surface area (Å²) in [5.41, 5.74) is 0.924. The Hall–Kier alpha value is -3.04. The summed E-state index contributed by atoms with van der Waals surface area (Å²) in [6.45, 7) is 3.35. The SMILES string of the molecule is O=C(N[C@H]1CN2CC[C@H]1C2)c1ccc(-c2ccccn2)s1.O=C(O)/C=C/C(=O)O. The molecule has 4 rings (SSSR count). The first-order valence-electron chi connectivity index (χ1n) is 9.11. The van der Waals surface area contributed by atoms with E-state index in [0.29, 0.717) is 24.1 Å². The molecule has 2 aromatic heterocycles. The second-order valence-electron chi connectivity index (χ2n) is 6.78. The highest BCUT2D eigenvalue weighted by Crippen LogP contribution is 2.29. The Labute approximate surface area is 171 Å². The molecule has 8 nitrogen and oxygen atoms in total. The van der Waals surface area contributed by atoms with E-state index in [9.17, 15) is 14.4 Å². The lowest BCUT2D eigenvalue weighted by atomic mass is 10.00. The van der Waals surface area contributed by atoms with Gasteiger partial charge < -0.3 is 20.4 Å². The molecule has 0 spiro atoms. The molecule has 152 valence electrons. The number of aromatic nitrogens is 1. The number of nitrogens with one attached hydrogen (secondary N) is 1. The number of pyridine rings is 1. The number of nitrogens with zero attached hydrogens (tertiary/aromatic N) is 2. The third kappa shape index (κ3) is 5.72. The monoisotopic (exact) mass is 415 g/mol. The highest BCUT2D eigenvalue weighted by molar-refractivity contribution is 7.17. The second kappa shape index (κ2) is 9.44. The Morgan fingerprint density at radius 3 is 2.41 bits per heavy atom. The van der Waals surface area contributed by atoms with Gasteiger partial charge in [0.25, 0.3) is 5.91 Å². The van der Waals surface area contributed by atoms with Gasteiger partial charge >= 0.3 is 11.9 Å². The molecule has 29 heavy (non-hydrogen) atoms. The third-order valence-corrected chi connectivity index (χ3v) is 5.87. The van der Waals surface area contributed by atoms with Gasteiger partial charge in [-0.15, -0.1) is 11.3 Å². The molecule has 2 aromatic rings. The smallest absolute Gasteiger partial charge is 0.328 e. The quantitative estimate of drug-likeness (QED) is 0.639. The molecule has 4 heterocycles. The number of hydrogen-bond acceptors (Lipinski definition) is 6. The van der Waals surface area contributed by atoms with Gasteiger partial charge in [-0.1, -0.05) is 6.07 Å². The standard InChI is InChI=1S/C16H17N3OS.C4H4O4/c20-16(18-13-10-19-8-6-11(13)9-19)15-5-4-14(21-15)12-3-1-2-7-17-12;5-3(6)1-2-4(7)8/h1-5,7,11,13H,6,8-10H2,(H,18,20);1-2H,(H,5,6)(H,7,8)/b;2-1+/t11-,13-;/m0./s1. The number of rotatable bonds is 5. The topological polar surface area (TPSA) is 120 Å². The third-order valence-electron chi connectivity index (χ3n) is 4.76. The van der Waals surface area contributed by atoms with E-state index in [4.69, 9.17) is 10.2 Å². The fourth-order valence-corrected chi connectivity index (χ4v) is 4.32. The van der Waals surface area contributed by atoms with E-state index in [-0.39, 0.29) is 5.91 Å². The fraction of sp³-hybridized carbons (Fsp3) is 0.300. The number of amides is 1. The lowest BCUT2D eigenvalue weighted by molar-refractivity contribution is -0.134. The van der Waals surface area contributed by atoms with Crippen LogP contribution in [0.5, 0.6) is 0 Å². The minimum atomic E-state index is -1.26. The van der Waals surface area contributed by atoms with Crippen LogP contribution in [-0.2, 0) is 9.59 Å². The summed E-state index contributed by atoms with van der Waals surface area (Å²) in [4.78, 5) is 40.1. The summed E-state index contributed by atoms with van der Waals surface area (Å²) in [5.74, 6) is -1.81.